The largest absolute Gasteiger partial charge is 0.349 e. The first kappa shape index (κ1) is 17.9. The average Bonchev–Trinajstić information content (AvgIpc) is 2.71. The minimum Gasteiger partial charge on any atom is -0.349 e. The van der Waals surface area contributed by atoms with Gasteiger partial charge in [-0.1, -0.05) is 74.0 Å². The van der Waals surface area contributed by atoms with E-state index in [9.17, 15) is 0 Å². The zero-order valence-electron chi connectivity index (χ0n) is 15.3. The smallest absolute Gasteiger partial charge is 0.122 e. The molecule has 0 N–H and O–H groups in total. The summed E-state index contributed by atoms with van der Waals surface area (Å²) in [6.45, 7) is 3.16. The first-order chi connectivity index (χ1) is 12.8. The van der Waals surface area contributed by atoms with Crippen molar-refractivity contribution in [3.8, 4) is 6.07 Å². The van der Waals surface area contributed by atoms with E-state index in [2.05, 4.69) is 60.4 Å². The summed E-state index contributed by atoms with van der Waals surface area (Å²) in [6.07, 6.45) is 5.73. The number of aliphatic imine (C=N–C) groups is 1. The highest BCUT2D eigenvalue weighted by Gasteiger charge is 2.25. The van der Waals surface area contributed by atoms with Gasteiger partial charge in [0, 0.05) is 25.1 Å². The first-order valence-electron chi connectivity index (χ1n) is 9.37. The molecule has 0 fully saturated rings. The van der Waals surface area contributed by atoms with Gasteiger partial charge >= 0.3 is 0 Å². The van der Waals surface area contributed by atoms with Crippen LogP contribution in [0.25, 0.3) is 5.70 Å². The lowest BCUT2D eigenvalue weighted by molar-refractivity contribution is 0.281. The van der Waals surface area contributed by atoms with Gasteiger partial charge in [-0.05, 0) is 23.6 Å². The SMILES string of the molecule is CCCCN1C(c2ccccc2)=CC(c2ccccc2)=NC1CCC#N. The van der Waals surface area contributed by atoms with Crippen molar-refractivity contribution in [1.82, 2.24) is 4.90 Å². The fraction of sp³-hybridized carbons (Fsp3) is 0.304. The molecule has 0 amide bonds. The second kappa shape index (κ2) is 9.01. The summed E-state index contributed by atoms with van der Waals surface area (Å²) >= 11 is 0. The molecule has 1 aliphatic rings. The van der Waals surface area contributed by atoms with Crippen molar-refractivity contribution in [2.45, 2.75) is 38.8 Å². The van der Waals surface area contributed by atoms with E-state index in [1.165, 1.54) is 11.3 Å². The summed E-state index contributed by atoms with van der Waals surface area (Å²) in [5.74, 6) is 0. The molecule has 0 aromatic heterocycles. The molecule has 1 aliphatic heterocycles. The molecular formula is C23H25N3. The molecule has 0 spiro atoms. The minimum atomic E-state index is 0.0108. The predicted octanol–water partition coefficient (Wildman–Crippen LogP) is 5.26. The van der Waals surface area contributed by atoms with Crippen molar-refractivity contribution in [1.29, 1.82) is 5.26 Å². The zero-order chi connectivity index (χ0) is 18.2. The molecule has 3 heteroatoms. The van der Waals surface area contributed by atoms with Gasteiger partial charge in [-0.15, -0.1) is 0 Å². The van der Waals surface area contributed by atoms with Crippen LogP contribution in [0.15, 0.2) is 71.7 Å². The standard InChI is InChI=1S/C23H25N3/c1-2-3-17-26-22(20-13-8-5-9-14-20)18-21(19-11-6-4-7-12-19)25-23(26)15-10-16-24/h4-9,11-14,18,23H,2-3,10,15,17H2,1H3. The Balaban J connectivity index is 2.03. The van der Waals surface area contributed by atoms with Gasteiger partial charge < -0.3 is 4.90 Å². The number of unbranched alkanes of at least 4 members (excludes halogenated alkanes) is 1. The first-order valence-corrected chi connectivity index (χ1v) is 9.37. The number of allylic oxidation sites excluding steroid dienone is 1. The van der Waals surface area contributed by atoms with E-state index in [1.807, 2.05) is 24.3 Å². The molecule has 1 heterocycles. The highest BCUT2D eigenvalue weighted by molar-refractivity contribution is 6.12. The van der Waals surface area contributed by atoms with Crippen LogP contribution in [0.3, 0.4) is 0 Å². The molecule has 1 unspecified atom stereocenters. The number of rotatable bonds is 7. The van der Waals surface area contributed by atoms with Gasteiger partial charge in [0.1, 0.15) is 6.17 Å². The van der Waals surface area contributed by atoms with Crippen LogP contribution in [0.5, 0.6) is 0 Å². The van der Waals surface area contributed by atoms with E-state index >= 15 is 0 Å². The Hall–Kier alpha value is -2.86. The van der Waals surface area contributed by atoms with Gasteiger partial charge in [-0.2, -0.15) is 5.26 Å². The maximum Gasteiger partial charge on any atom is 0.122 e. The fourth-order valence-corrected chi connectivity index (χ4v) is 3.28. The molecule has 0 radical (unpaired) electrons. The highest BCUT2D eigenvalue weighted by atomic mass is 15.3. The topological polar surface area (TPSA) is 39.4 Å². The average molecular weight is 343 g/mol. The van der Waals surface area contributed by atoms with Crippen molar-refractivity contribution in [3.05, 3.63) is 77.9 Å². The monoisotopic (exact) mass is 343 g/mol. The molecule has 0 saturated carbocycles. The molecule has 2 aromatic rings. The summed E-state index contributed by atoms with van der Waals surface area (Å²) in [4.78, 5) is 7.39. The maximum absolute atomic E-state index is 9.09. The second-order valence-corrected chi connectivity index (χ2v) is 6.50. The van der Waals surface area contributed by atoms with Gasteiger partial charge in [0.15, 0.2) is 0 Å². The van der Waals surface area contributed by atoms with Crippen LogP contribution in [0.4, 0.5) is 0 Å². The van der Waals surface area contributed by atoms with Crippen molar-refractivity contribution in [2.75, 3.05) is 6.54 Å². The van der Waals surface area contributed by atoms with Crippen molar-refractivity contribution in [2.24, 2.45) is 4.99 Å². The van der Waals surface area contributed by atoms with Crippen molar-refractivity contribution >= 4 is 11.4 Å². The van der Waals surface area contributed by atoms with Crippen LogP contribution < -0.4 is 0 Å². The van der Waals surface area contributed by atoms with E-state index in [0.29, 0.717) is 6.42 Å². The van der Waals surface area contributed by atoms with E-state index < -0.39 is 0 Å². The third kappa shape index (κ3) is 4.21. The molecule has 132 valence electrons. The number of hydrogen-bond acceptors (Lipinski definition) is 3. The third-order valence-corrected chi connectivity index (χ3v) is 4.64. The van der Waals surface area contributed by atoms with Crippen LogP contribution in [0.2, 0.25) is 0 Å². The van der Waals surface area contributed by atoms with Gasteiger partial charge in [0.05, 0.1) is 11.8 Å². The lowest BCUT2D eigenvalue weighted by Crippen LogP contribution is -2.37. The molecule has 1 atom stereocenters. The highest BCUT2D eigenvalue weighted by Crippen LogP contribution is 2.29. The van der Waals surface area contributed by atoms with Gasteiger partial charge in [-0.25, -0.2) is 0 Å². The number of nitrogens with zero attached hydrogens (tertiary/aromatic N) is 3. The van der Waals surface area contributed by atoms with Gasteiger partial charge in [0.2, 0.25) is 0 Å². The summed E-state index contributed by atoms with van der Waals surface area (Å²) in [6, 6.07) is 23.1. The predicted molar refractivity (Wildman–Crippen MR) is 108 cm³/mol. The Labute approximate surface area is 156 Å². The molecule has 26 heavy (non-hydrogen) atoms. The van der Waals surface area contributed by atoms with Gasteiger partial charge in [-0.3, -0.25) is 4.99 Å². The van der Waals surface area contributed by atoms with E-state index in [1.54, 1.807) is 0 Å². The zero-order valence-corrected chi connectivity index (χ0v) is 15.3. The normalized spacial score (nSPS) is 16.6. The third-order valence-electron chi connectivity index (χ3n) is 4.64. The number of benzene rings is 2. The van der Waals surface area contributed by atoms with Crippen LogP contribution >= 0.6 is 0 Å². The maximum atomic E-state index is 9.09. The molecule has 3 nitrogen and oxygen atoms in total. The minimum absolute atomic E-state index is 0.0108. The molecule has 0 saturated heterocycles. The summed E-state index contributed by atoms with van der Waals surface area (Å²) < 4.78 is 0. The summed E-state index contributed by atoms with van der Waals surface area (Å²) in [5.41, 5.74) is 4.53. The molecule has 0 aliphatic carbocycles. The molecule has 0 bridgehead atoms. The van der Waals surface area contributed by atoms with E-state index in [4.69, 9.17) is 10.3 Å². The van der Waals surface area contributed by atoms with Crippen LogP contribution in [-0.2, 0) is 0 Å². The lowest BCUT2D eigenvalue weighted by Gasteiger charge is -2.36. The molecular weight excluding hydrogens is 318 g/mol. The second-order valence-electron chi connectivity index (χ2n) is 6.50. The van der Waals surface area contributed by atoms with Crippen molar-refractivity contribution < 1.29 is 0 Å². The summed E-state index contributed by atoms with van der Waals surface area (Å²) in [5, 5.41) is 9.09. The molecule has 3 rings (SSSR count). The summed E-state index contributed by atoms with van der Waals surface area (Å²) in [7, 11) is 0. The van der Waals surface area contributed by atoms with Crippen molar-refractivity contribution in [3.63, 3.8) is 0 Å². The Morgan fingerprint density at radius 1 is 1.00 bits per heavy atom. The van der Waals surface area contributed by atoms with E-state index in [-0.39, 0.29) is 6.17 Å². The van der Waals surface area contributed by atoms with Gasteiger partial charge in [0.25, 0.3) is 0 Å². The quantitative estimate of drug-likeness (QED) is 0.687. The number of nitriles is 1. The number of hydrogen-bond donors (Lipinski definition) is 0. The Morgan fingerprint density at radius 2 is 1.65 bits per heavy atom. The fourth-order valence-electron chi connectivity index (χ4n) is 3.28. The Kier molecular flexibility index (Phi) is 6.22. The Morgan fingerprint density at radius 3 is 2.27 bits per heavy atom. The van der Waals surface area contributed by atoms with E-state index in [0.717, 1.165) is 37.1 Å². The Bertz CT molecular complexity index is 800. The lowest BCUT2D eigenvalue weighted by atomic mass is 10.0. The van der Waals surface area contributed by atoms with Crippen LogP contribution in [0, 0.1) is 11.3 Å². The van der Waals surface area contributed by atoms with Crippen LogP contribution in [0.1, 0.15) is 43.7 Å². The van der Waals surface area contributed by atoms with Crippen LogP contribution in [-0.4, -0.2) is 23.3 Å². The molecule has 2 aromatic carbocycles.